The molecular formula is C19H18BrN5O3. The standard InChI is InChI=1S/C19H18BrN5O3/c1-3-17(13-7-9-14(20)10-8-13)21-19(26)18-12(2)24(23-22-18)15-5-4-6-16(11-15)25(27)28/h4-11,17H,3H2,1-2H3,(H,21,26). The highest BCUT2D eigenvalue weighted by Gasteiger charge is 2.21. The van der Waals surface area contributed by atoms with Crippen LogP contribution in [0.4, 0.5) is 5.69 Å². The fourth-order valence-electron chi connectivity index (χ4n) is 2.87. The minimum Gasteiger partial charge on any atom is -0.344 e. The number of nitro benzene ring substituents is 1. The second-order valence-corrected chi connectivity index (χ2v) is 7.11. The van der Waals surface area contributed by atoms with Gasteiger partial charge in [0.1, 0.15) is 0 Å². The topological polar surface area (TPSA) is 103 Å². The Morgan fingerprint density at radius 1 is 1.29 bits per heavy atom. The summed E-state index contributed by atoms with van der Waals surface area (Å²) in [4.78, 5) is 23.3. The number of rotatable bonds is 6. The predicted octanol–water partition coefficient (Wildman–Crippen LogP) is 4.13. The number of benzene rings is 2. The van der Waals surface area contributed by atoms with Gasteiger partial charge in [0.15, 0.2) is 5.69 Å². The third-order valence-electron chi connectivity index (χ3n) is 4.38. The smallest absolute Gasteiger partial charge is 0.274 e. The summed E-state index contributed by atoms with van der Waals surface area (Å²) in [6, 6.07) is 13.6. The molecule has 0 aliphatic rings. The second-order valence-electron chi connectivity index (χ2n) is 6.20. The molecule has 1 N–H and O–H groups in total. The fraction of sp³-hybridized carbons (Fsp3) is 0.211. The van der Waals surface area contributed by atoms with E-state index in [1.54, 1.807) is 19.1 Å². The molecule has 0 spiro atoms. The van der Waals surface area contributed by atoms with Crippen molar-refractivity contribution in [1.29, 1.82) is 0 Å². The van der Waals surface area contributed by atoms with E-state index in [0.29, 0.717) is 17.8 Å². The van der Waals surface area contributed by atoms with Crippen LogP contribution in [0.1, 0.15) is 41.1 Å². The van der Waals surface area contributed by atoms with Crippen LogP contribution in [0, 0.1) is 17.0 Å². The van der Waals surface area contributed by atoms with Crippen LogP contribution in [0.5, 0.6) is 0 Å². The monoisotopic (exact) mass is 443 g/mol. The van der Waals surface area contributed by atoms with Crippen LogP contribution in [0.25, 0.3) is 5.69 Å². The molecule has 1 unspecified atom stereocenters. The van der Waals surface area contributed by atoms with Gasteiger partial charge in [0, 0.05) is 16.6 Å². The number of carbonyl (C=O) groups excluding carboxylic acids is 1. The van der Waals surface area contributed by atoms with Gasteiger partial charge < -0.3 is 5.32 Å². The number of halogens is 1. The first kappa shape index (κ1) is 19.7. The van der Waals surface area contributed by atoms with Crippen LogP contribution in [0.3, 0.4) is 0 Å². The van der Waals surface area contributed by atoms with Crippen LogP contribution in [-0.4, -0.2) is 25.8 Å². The van der Waals surface area contributed by atoms with Crippen LogP contribution in [0.15, 0.2) is 53.0 Å². The van der Waals surface area contributed by atoms with Crippen molar-refractivity contribution in [2.75, 3.05) is 0 Å². The van der Waals surface area contributed by atoms with Crippen LogP contribution in [0.2, 0.25) is 0 Å². The fourth-order valence-corrected chi connectivity index (χ4v) is 3.13. The highest BCUT2D eigenvalue weighted by atomic mass is 79.9. The first-order valence-electron chi connectivity index (χ1n) is 8.64. The number of carbonyl (C=O) groups is 1. The predicted molar refractivity (Wildman–Crippen MR) is 107 cm³/mol. The number of non-ortho nitro benzene ring substituents is 1. The maximum Gasteiger partial charge on any atom is 0.274 e. The van der Waals surface area contributed by atoms with Crippen molar-refractivity contribution < 1.29 is 9.72 Å². The Morgan fingerprint density at radius 3 is 2.64 bits per heavy atom. The van der Waals surface area contributed by atoms with E-state index in [-0.39, 0.29) is 23.3 Å². The minimum atomic E-state index is -0.479. The van der Waals surface area contributed by atoms with Gasteiger partial charge >= 0.3 is 0 Å². The molecule has 144 valence electrons. The molecule has 0 saturated carbocycles. The molecule has 0 fully saturated rings. The van der Waals surface area contributed by atoms with Gasteiger partial charge in [-0.1, -0.05) is 46.3 Å². The van der Waals surface area contributed by atoms with Crippen LogP contribution in [-0.2, 0) is 0 Å². The Morgan fingerprint density at radius 2 is 2.00 bits per heavy atom. The third kappa shape index (κ3) is 4.09. The summed E-state index contributed by atoms with van der Waals surface area (Å²) in [5.41, 5.74) is 2.09. The van der Waals surface area contributed by atoms with E-state index in [4.69, 9.17) is 0 Å². The molecule has 1 aromatic heterocycles. The molecule has 28 heavy (non-hydrogen) atoms. The summed E-state index contributed by atoms with van der Waals surface area (Å²) < 4.78 is 2.39. The minimum absolute atomic E-state index is 0.0558. The molecule has 2 aromatic carbocycles. The zero-order valence-electron chi connectivity index (χ0n) is 15.3. The maximum absolute atomic E-state index is 12.8. The van der Waals surface area contributed by atoms with E-state index in [0.717, 1.165) is 10.0 Å². The lowest BCUT2D eigenvalue weighted by Crippen LogP contribution is -2.29. The molecule has 1 atom stereocenters. The molecule has 0 aliphatic heterocycles. The molecule has 9 heteroatoms. The Bertz CT molecular complexity index is 1020. The van der Waals surface area contributed by atoms with Gasteiger partial charge in [0.25, 0.3) is 11.6 Å². The normalized spacial score (nSPS) is 11.8. The quantitative estimate of drug-likeness (QED) is 0.455. The largest absolute Gasteiger partial charge is 0.344 e. The van der Waals surface area contributed by atoms with Crippen molar-refractivity contribution in [2.45, 2.75) is 26.3 Å². The SMILES string of the molecule is CCC(NC(=O)c1nnn(-c2cccc([N+](=O)[O-])c2)c1C)c1ccc(Br)cc1. The average Bonchev–Trinajstić information content (AvgIpc) is 3.08. The van der Waals surface area contributed by atoms with E-state index in [9.17, 15) is 14.9 Å². The van der Waals surface area contributed by atoms with E-state index < -0.39 is 4.92 Å². The second kappa shape index (κ2) is 8.30. The van der Waals surface area contributed by atoms with Gasteiger partial charge in [0.05, 0.1) is 22.3 Å². The molecule has 0 bridgehead atoms. The molecule has 0 saturated heterocycles. The molecule has 1 amide bonds. The van der Waals surface area contributed by atoms with Gasteiger partial charge in [-0.15, -0.1) is 5.10 Å². The Labute approximate surface area is 169 Å². The highest BCUT2D eigenvalue weighted by Crippen LogP contribution is 2.21. The lowest BCUT2D eigenvalue weighted by atomic mass is 10.0. The van der Waals surface area contributed by atoms with Gasteiger partial charge in [-0.25, -0.2) is 4.68 Å². The number of nitrogens with zero attached hydrogens (tertiary/aromatic N) is 4. The summed E-state index contributed by atoms with van der Waals surface area (Å²) in [5.74, 6) is -0.344. The summed E-state index contributed by atoms with van der Waals surface area (Å²) >= 11 is 3.40. The summed E-state index contributed by atoms with van der Waals surface area (Å²) in [5, 5.41) is 21.9. The first-order valence-corrected chi connectivity index (χ1v) is 9.43. The number of hydrogen-bond donors (Lipinski definition) is 1. The number of hydrogen-bond acceptors (Lipinski definition) is 5. The van der Waals surface area contributed by atoms with Crippen molar-refractivity contribution >= 4 is 27.5 Å². The van der Waals surface area contributed by atoms with Crippen LogP contribution < -0.4 is 5.32 Å². The molecule has 8 nitrogen and oxygen atoms in total. The number of nitro groups is 1. The van der Waals surface area contributed by atoms with Crippen molar-refractivity contribution in [3.8, 4) is 5.69 Å². The Balaban J connectivity index is 1.84. The van der Waals surface area contributed by atoms with Crippen molar-refractivity contribution in [1.82, 2.24) is 20.3 Å². The molecule has 3 aromatic rings. The third-order valence-corrected chi connectivity index (χ3v) is 4.91. The lowest BCUT2D eigenvalue weighted by molar-refractivity contribution is -0.384. The number of aromatic nitrogens is 3. The summed E-state index contributed by atoms with van der Waals surface area (Å²) in [6.07, 6.45) is 0.714. The maximum atomic E-state index is 12.8. The van der Waals surface area contributed by atoms with Gasteiger partial charge in [0.2, 0.25) is 0 Å². The molecule has 1 heterocycles. The molecule has 0 radical (unpaired) electrons. The molecule has 3 rings (SSSR count). The zero-order valence-corrected chi connectivity index (χ0v) is 16.9. The average molecular weight is 444 g/mol. The van der Waals surface area contributed by atoms with Gasteiger partial charge in [-0.2, -0.15) is 0 Å². The lowest BCUT2D eigenvalue weighted by Gasteiger charge is -2.17. The van der Waals surface area contributed by atoms with Gasteiger partial charge in [-0.3, -0.25) is 14.9 Å². The number of amides is 1. The van der Waals surface area contributed by atoms with E-state index >= 15 is 0 Å². The zero-order chi connectivity index (χ0) is 20.3. The Kier molecular flexibility index (Phi) is 5.84. The molecule has 0 aliphatic carbocycles. The highest BCUT2D eigenvalue weighted by molar-refractivity contribution is 9.10. The summed E-state index contributed by atoms with van der Waals surface area (Å²) in [6.45, 7) is 3.69. The number of nitrogens with one attached hydrogen (secondary N) is 1. The Hall–Kier alpha value is -3.07. The van der Waals surface area contributed by atoms with E-state index in [2.05, 4.69) is 31.6 Å². The molecular weight excluding hydrogens is 426 g/mol. The van der Waals surface area contributed by atoms with Gasteiger partial charge in [-0.05, 0) is 37.1 Å². The van der Waals surface area contributed by atoms with Crippen LogP contribution >= 0.6 is 15.9 Å². The van der Waals surface area contributed by atoms with E-state index in [1.807, 2.05) is 31.2 Å². The van der Waals surface area contributed by atoms with Crippen molar-refractivity contribution in [3.63, 3.8) is 0 Å². The first-order chi connectivity index (χ1) is 13.4. The van der Waals surface area contributed by atoms with E-state index in [1.165, 1.54) is 16.8 Å². The van der Waals surface area contributed by atoms with Crippen molar-refractivity contribution in [3.05, 3.63) is 80.1 Å². The summed E-state index contributed by atoms with van der Waals surface area (Å²) in [7, 11) is 0. The van der Waals surface area contributed by atoms with Crippen molar-refractivity contribution in [2.24, 2.45) is 0 Å².